The first-order valence-corrected chi connectivity index (χ1v) is 26.6. The molecule has 0 unspecified atom stereocenters. The van der Waals surface area contributed by atoms with Crippen molar-refractivity contribution in [2.24, 2.45) is 0 Å². The van der Waals surface area contributed by atoms with E-state index >= 15 is 0 Å². The molecular formula is C71H47N9. The highest BCUT2D eigenvalue weighted by molar-refractivity contribution is 6.05. The van der Waals surface area contributed by atoms with Crippen LogP contribution < -0.4 is 9.80 Å². The minimum Gasteiger partial charge on any atom is -0.306 e. The van der Waals surface area contributed by atoms with Crippen LogP contribution in [-0.4, -0.2) is 34.9 Å². The van der Waals surface area contributed by atoms with Gasteiger partial charge in [-0.15, -0.1) is 0 Å². The molecule has 14 rings (SSSR count). The van der Waals surface area contributed by atoms with Crippen molar-refractivity contribution >= 4 is 34.3 Å². The Bertz CT molecular complexity index is 4120. The lowest BCUT2D eigenvalue weighted by molar-refractivity contribution is 1.07. The molecule has 0 radical (unpaired) electrons. The molecule has 80 heavy (non-hydrogen) atoms. The van der Waals surface area contributed by atoms with Crippen molar-refractivity contribution in [3.05, 3.63) is 285 Å². The number of para-hydroxylation sites is 4. The van der Waals surface area contributed by atoms with Crippen LogP contribution in [-0.2, 0) is 0 Å². The molecule has 3 aromatic heterocycles. The predicted octanol–water partition coefficient (Wildman–Crippen LogP) is 17.7. The monoisotopic (exact) mass is 1030 g/mol. The Labute approximate surface area is 463 Å². The van der Waals surface area contributed by atoms with E-state index in [0.717, 1.165) is 101 Å². The Morgan fingerprint density at radius 1 is 0.188 bits per heavy atom. The Hall–Kier alpha value is -11.0. The third-order valence-corrected chi connectivity index (χ3v) is 14.3. The average Bonchev–Trinajstić information content (AvgIpc) is 3.66. The summed E-state index contributed by atoms with van der Waals surface area (Å²) in [5, 5.41) is 0. The molecule has 376 valence electrons. The third kappa shape index (κ3) is 9.10. The molecule has 9 nitrogen and oxygen atoms in total. The predicted molar refractivity (Wildman–Crippen MR) is 323 cm³/mol. The van der Waals surface area contributed by atoms with Crippen LogP contribution in [0.4, 0.5) is 34.3 Å². The van der Waals surface area contributed by atoms with E-state index in [0.29, 0.717) is 34.8 Å². The van der Waals surface area contributed by atoms with Gasteiger partial charge in [-0.25, -0.2) is 34.9 Å². The Morgan fingerprint density at radius 2 is 0.512 bits per heavy atom. The van der Waals surface area contributed by atoms with E-state index in [-0.39, 0.29) is 0 Å². The van der Waals surface area contributed by atoms with Crippen molar-refractivity contribution in [3.8, 4) is 102 Å². The third-order valence-electron chi connectivity index (χ3n) is 14.3. The Kier molecular flexibility index (Phi) is 12.3. The van der Waals surface area contributed by atoms with Gasteiger partial charge in [-0.05, 0) is 53.6 Å². The van der Waals surface area contributed by atoms with Crippen LogP contribution in [0.3, 0.4) is 0 Å². The molecule has 0 aliphatic carbocycles. The van der Waals surface area contributed by atoms with Crippen LogP contribution in [0.1, 0.15) is 0 Å². The number of aromatic nitrogens is 7. The first-order valence-electron chi connectivity index (χ1n) is 26.6. The molecule has 0 amide bonds. The van der Waals surface area contributed by atoms with Crippen LogP contribution in [0.5, 0.6) is 0 Å². The number of rotatable bonds is 11. The van der Waals surface area contributed by atoms with Gasteiger partial charge in [0, 0.05) is 50.6 Å². The molecule has 1 aliphatic rings. The molecule has 10 aromatic carbocycles. The fourth-order valence-electron chi connectivity index (χ4n) is 10.5. The molecule has 0 fully saturated rings. The van der Waals surface area contributed by atoms with Crippen molar-refractivity contribution in [1.82, 2.24) is 34.9 Å². The van der Waals surface area contributed by atoms with Crippen LogP contribution in [0.2, 0.25) is 0 Å². The summed E-state index contributed by atoms with van der Waals surface area (Å²) in [6.07, 6.45) is 0. The van der Waals surface area contributed by atoms with E-state index in [4.69, 9.17) is 34.9 Å². The van der Waals surface area contributed by atoms with Gasteiger partial charge in [-0.2, -0.15) is 0 Å². The molecule has 0 atom stereocenters. The van der Waals surface area contributed by atoms with E-state index in [1.165, 1.54) is 0 Å². The molecule has 0 spiro atoms. The SMILES string of the molecule is c1ccc(-c2cc(-c3cc(-c4nc(-c5ccccc5)nc(-c5ccccc5)n4)c(-c4ccccc4)cc3N3c4ccccc4N(c4cc(-c5ccccc5)nc(-c5ccccc5)n4)c4ccccc43)nc(-c3ccccc3)n2)cc1. The standard InChI is InChI=1S/C71H47N9/c1-8-26-48(27-9-1)55-45-65(79-61-40-22-24-42-63(61)80(64-43-25-23-41-62(64)79)66-47-59(50-30-12-3-13-31-50)73-68(75-66)52-34-16-5-17-35-52)57(60-46-58(49-28-10-2-11-29-49)72-67(74-60)51-32-14-4-15-33-51)44-56(55)71-77-69(53-36-18-6-19-37-53)76-70(78-71)54-38-20-7-21-39-54/h1-47H. The van der Waals surface area contributed by atoms with Gasteiger partial charge < -0.3 is 4.90 Å². The largest absolute Gasteiger partial charge is 0.306 e. The van der Waals surface area contributed by atoms with Gasteiger partial charge in [0.1, 0.15) is 5.82 Å². The second-order valence-electron chi connectivity index (χ2n) is 19.3. The van der Waals surface area contributed by atoms with E-state index in [1.54, 1.807) is 0 Å². The zero-order valence-electron chi connectivity index (χ0n) is 43.2. The molecule has 0 saturated carbocycles. The molecule has 1 aliphatic heterocycles. The Morgan fingerprint density at radius 3 is 0.950 bits per heavy atom. The molecular weight excluding hydrogens is 979 g/mol. The summed E-state index contributed by atoms with van der Waals surface area (Å²) < 4.78 is 0. The minimum absolute atomic E-state index is 0.516. The van der Waals surface area contributed by atoms with Crippen LogP contribution in [0.15, 0.2) is 285 Å². The molecule has 0 bridgehead atoms. The van der Waals surface area contributed by atoms with E-state index < -0.39 is 0 Å². The fourth-order valence-corrected chi connectivity index (χ4v) is 10.5. The number of hydrogen-bond acceptors (Lipinski definition) is 9. The average molecular weight is 1030 g/mol. The van der Waals surface area contributed by atoms with Crippen molar-refractivity contribution < 1.29 is 0 Å². The highest BCUT2D eigenvalue weighted by atomic mass is 15.3. The number of hydrogen-bond donors (Lipinski definition) is 0. The van der Waals surface area contributed by atoms with Gasteiger partial charge in [0.2, 0.25) is 0 Å². The van der Waals surface area contributed by atoms with E-state index in [9.17, 15) is 0 Å². The van der Waals surface area contributed by atoms with E-state index in [1.807, 2.05) is 140 Å². The highest BCUT2D eigenvalue weighted by Gasteiger charge is 2.34. The number of anilines is 6. The molecule has 0 N–H and O–H groups in total. The lowest BCUT2D eigenvalue weighted by Gasteiger charge is -2.40. The van der Waals surface area contributed by atoms with Gasteiger partial charge >= 0.3 is 0 Å². The smallest absolute Gasteiger partial charge is 0.164 e. The maximum Gasteiger partial charge on any atom is 0.164 e. The quantitative estimate of drug-likeness (QED) is 0.125. The maximum absolute atomic E-state index is 5.56. The number of nitrogens with zero attached hydrogens (tertiary/aromatic N) is 9. The van der Waals surface area contributed by atoms with Gasteiger partial charge in [-0.3, -0.25) is 4.90 Å². The summed E-state index contributed by atoms with van der Waals surface area (Å²) in [6, 6.07) is 97.5. The topological polar surface area (TPSA) is 96.7 Å². The van der Waals surface area contributed by atoms with Gasteiger partial charge in [-0.1, -0.05) is 237 Å². The lowest BCUT2D eigenvalue weighted by atomic mass is 9.92. The Balaban J connectivity index is 1.07. The number of benzene rings is 10. The van der Waals surface area contributed by atoms with Gasteiger partial charge in [0.25, 0.3) is 0 Å². The first kappa shape index (κ1) is 47.4. The molecule has 9 heteroatoms. The summed E-state index contributed by atoms with van der Waals surface area (Å²) in [4.78, 5) is 41.9. The van der Waals surface area contributed by atoms with Crippen LogP contribution >= 0.6 is 0 Å². The summed E-state index contributed by atoms with van der Waals surface area (Å²) in [7, 11) is 0. The highest BCUT2D eigenvalue weighted by Crippen LogP contribution is 2.57. The van der Waals surface area contributed by atoms with Crippen LogP contribution in [0, 0.1) is 0 Å². The summed E-state index contributed by atoms with van der Waals surface area (Å²) in [5.74, 6) is 3.59. The second kappa shape index (κ2) is 20.8. The van der Waals surface area contributed by atoms with Gasteiger partial charge in [0.05, 0.1) is 45.5 Å². The molecule has 13 aromatic rings. The van der Waals surface area contributed by atoms with Crippen molar-refractivity contribution in [1.29, 1.82) is 0 Å². The first-order chi connectivity index (χ1) is 39.7. The minimum atomic E-state index is 0.516. The lowest BCUT2D eigenvalue weighted by Crippen LogP contribution is -2.25. The number of fused-ring (bicyclic) bond motifs is 2. The molecule has 0 saturated heterocycles. The zero-order valence-corrected chi connectivity index (χ0v) is 43.2. The maximum atomic E-state index is 5.56. The second-order valence-corrected chi connectivity index (χ2v) is 19.3. The summed E-state index contributed by atoms with van der Waals surface area (Å²) in [5.41, 5.74) is 16.0. The van der Waals surface area contributed by atoms with Gasteiger partial charge in [0.15, 0.2) is 29.1 Å². The normalized spacial score (nSPS) is 11.7. The van der Waals surface area contributed by atoms with E-state index in [2.05, 4.69) is 155 Å². The molecule has 4 heterocycles. The zero-order chi connectivity index (χ0) is 53.2. The summed E-state index contributed by atoms with van der Waals surface area (Å²) in [6.45, 7) is 0. The fraction of sp³-hybridized carbons (Fsp3) is 0. The van der Waals surface area contributed by atoms with Crippen molar-refractivity contribution in [2.75, 3.05) is 9.80 Å². The summed E-state index contributed by atoms with van der Waals surface area (Å²) >= 11 is 0. The van der Waals surface area contributed by atoms with Crippen LogP contribution in [0.25, 0.3) is 102 Å². The van der Waals surface area contributed by atoms with Crippen molar-refractivity contribution in [3.63, 3.8) is 0 Å². The van der Waals surface area contributed by atoms with Crippen molar-refractivity contribution in [2.45, 2.75) is 0 Å².